The van der Waals surface area contributed by atoms with Gasteiger partial charge in [0.1, 0.15) is 36.1 Å². The highest BCUT2D eigenvalue weighted by Crippen LogP contribution is 2.49. The lowest BCUT2D eigenvalue weighted by Gasteiger charge is -2.40. The first-order valence-electron chi connectivity index (χ1n) is 21.3. The first-order valence-corrected chi connectivity index (χ1v) is 21.7. The van der Waals surface area contributed by atoms with Gasteiger partial charge < -0.3 is 31.6 Å². The van der Waals surface area contributed by atoms with E-state index in [1.54, 1.807) is 0 Å². The lowest BCUT2D eigenvalue weighted by atomic mass is 9.83. The summed E-state index contributed by atoms with van der Waals surface area (Å²) in [4.78, 5) is 2.61. The molecule has 0 saturated carbocycles. The molecule has 0 amide bonds. The Kier molecular flexibility index (Phi) is 10.9. The largest absolute Gasteiger partial charge is 0.673 e. The van der Waals surface area contributed by atoms with Crippen LogP contribution in [-0.4, -0.2) is 33.4 Å². The molecule has 6 aliphatic heterocycles. The number of allylic oxidation sites excluding steroid dienone is 12. The van der Waals surface area contributed by atoms with E-state index >= 15 is 0 Å². The van der Waals surface area contributed by atoms with Crippen LogP contribution in [0.2, 0.25) is 0 Å². The number of rotatable bonds is 3. The molecular weight excluding hydrogens is 759 g/mol. The first-order chi connectivity index (χ1) is 27.4. The Morgan fingerprint density at radius 1 is 0.707 bits per heavy atom. The Hall–Kier alpha value is -3.98. The normalized spacial score (nSPS) is 21.7. The zero-order valence-electron chi connectivity index (χ0n) is 34.9. The van der Waals surface area contributed by atoms with E-state index in [-0.39, 0.29) is 10.8 Å². The van der Waals surface area contributed by atoms with Crippen LogP contribution in [0.4, 0.5) is 23.0 Å². The first kappa shape index (κ1) is 40.8. The van der Waals surface area contributed by atoms with Crippen LogP contribution in [0, 0.1) is 10.8 Å². The van der Waals surface area contributed by atoms with Crippen LogP contribution in [0.15, 0.2) is 76.3 Å². The lowest BCUT2D eigenvalue weighted by Crippen LogP contribution is -2.45. The van der Waals surface area contributed by atoms with Crippen LogP contribution < -0.4 is 29.5 Å². The standard InChI is InChI=1S/C48H56ClN2O2.BF4/c1-47(2,3)40-28-32(38-26-34-14-8-22-50-24-10-16-36(43(34)50)45(38)52-40)20-18-30-12-7-13-31(42(30)49)19-21-33-29-41(48(4,5)6)53-46-37-17-11-25-51-23-9-15-35(44(37)51)27-39(33)46;2-1(3,4)5/h18-21,26-29H,7-17,22-25H2,1-6H3;/q+1;-1. The second-order valence-corrected chi connectivity index (χ2v) is 19.3. The maximum atomic E-state index is 9.75. The van der Waals surface area contributed by atoms with Crippen molar-refractivity contribution in [2.24, 2.45) is 10.8 Å². The zero-order chi connectivity index (χ0) is 41.1. The third kappa shape index (κ3) is 8.26. The van der Waals surface area contributed by atoms with Gasteiger partial charge in [-0.1, -0.05) is 77.4 Å². The number of hydrogen-bond acceptors (Lipinski definition) is 3. The van der Waals surface area contributed by atoms with Crippen LogP contribution in [0.3, 0.4) is 0 Å². The minimum Gasteiger partial charge on any atom is -0.460 e. The van der Waals surface area contributed by atoms with Gasteiger partial charge in [-0.3, -0.25) is 0 Å². The van der Waals surface area contributed by atoms with E-state index in [4.69, 9.17) is 21.1 Å². The van der Waals surface area contributed by atoms with Crippen molar-refractivity contribution in [3.05, 3.63) is 115 Å². The third-order valence-electron chi connectivity index (χ3n) is 12.4. The van der Waals surface area contributed by atoms with Crippen molar-refractivity contribution in [3.8, 4) is 11.5 Å². The quantitative estimate of drug-likeness (QED) is 0.175. The van der Waals surface area contributed by atoms with Crippen molar-refractivity contribution >= 4 is 35.7 Å². The Morgan fingerprint density at radius 2 is 1.34 bits per heavy atom. The second-order valence-electron chi connectivity index (χ2n) is 18.9. The highest BCUT2D eigenvalue weighted by atomic mass is 35.5. The molecule has 2 aromatic carbocycles. The minimum atomic E-state index is -6.00. The van der Waals surface area contributed by atoms with E-state index in [1.807, 2.05) is 0 Å². The highest BCUT2D eigenvalue weighted by molar-refractivity contribution is 6.50. The van der Waals surface area contributed by atoms with E-state index in [1.165, 1.54) is 92.1 Å². The lowest BCUT2D eigenvalue weighted by molar-refractivity contribution is 0.286. The van der Waals surface area contributed by atoms with Gasteiger partial charge in [-0.2, -0.15) is 0 Å². The maximum absolute atomic E-state index is 9.75. The van der Waals surface area contributed by atoms with Crippen LogP contribution in [-0.2, 0) is 25.7 Å². The van der Waals surface area contributed by atoms with Crippen molar-refractivity contribution in [2.75, 3.05) is 31.1 Å². The van der Waals surface area contributed by atoms with Gasteiger partial charge in [0.05, 0.1) is 5.56 Å². The molecule has 9 rings (SSSR count). The van der Waals surface area contributed by atoms with Crippen LogP contribution in [0.1, 0.15) is 114 Å². The fourth-order valence-corrected chi connectivity index (χ4v) is 9.96. The van der Waals surface area contributed by atoms with Crippen molar-refractivity contribution < 1.29 is 26.7 Å². The molecule has 0 aromatic heterocycles. The van der Waals surface area contributed by atoms with Gasteiger partial charge in [0, 0.05) is 69.4 Å². The summed E-state index contributed by atoms with van der Waals surface area (Å²) in [5, 5.41) is 3.60. The average molecular weight is 815 g/mol. The Bertz CT molecular complexity index is 2360. The second kappa shape index (κ2) is 15.6. The molecule has 0 bridgehead atoms. The fraction of sp³-hybridized carbons (Fsp3) is 0.479. The van der Waals surface area contributed by atoms with Crippen LogP contribution in [0.5, 0.6) is 11.5 Å². The van der Waals surface area contributed by atoms with Gasteiger partial charge in [0.2, 0.25) is 5.36 Å². The number of hydrogen-bond donors (Lipinski definition) is 0. The number of aryl methyl sites for hydroxylation is 2. The van der Waals surface area contributed by atoms with E-state index in [2.05, 4.69) is 99.6 Å². The summed E-state index contributed by atoms with van der Waals surface area (Å²) in [6, 6.07) is 4.87. The van der Waals surface area contributed by atoms with Crippen molar-refractivity contribution in [1.29, 1.82) is 0 Å². The fourth-order valence-electron chi connectivity index (χ4n) is 9.64. The van der Waals surface area contributed by atoms with Gasteiger partial charge in [-0.15, -0.1) is 0 Å². The SMILES string of the molecule is CC(C)(C)C1=C/C(=C\C=C2/CCCC(/C=C/C3=c4cc5c6c(c4OC(C(C)(C)C)=C3)CCC[N+]=6CCC5)=C2Cl)c2cc3c4c(c2O1)CCCN4CCC3.F[B-](F)(F)F. The minimum absolute atomic E-state index is 0.0978. The predicted octanol–water partition coefficient (Wildman–Crippen LogP) is 11.1. The number of nitrogens with zero attached hydrogens (tertiary/aromatic N) is 2. The molecule has 0 spiro atoms. The third-order valence-corrected chi connectivity index (χ3v) is 12.9. The summed E-state index contributed by atoms with van der Waals surface area (Å²) in [7, 11) is -6.00. The molecule has 0 unspecified atom stereocenters. The topological polar surface area (TPSA) is 24.7 Å². The van der Waals surface area contributed by atoms with E-state index in [9.17, 15) is 17.3 Å². The van der Waals surface area contributed by atoms with Crippen LogP contribution in [0.25, 0.3) is 11.1 Å². The van der Waals surface area contributed by atoms with Crippen molar-refractivity contribution in [3.63, 3.8) is 0 Å². The predicted molar refractivity (Wildman–Crippen MR) is 230 cm³/mol. The molecule has 0 radical (unpaired) electrons. The smallest absolute Gasteiger partial charge is 0.460 e. The highest BCUT2D eigenvalue weighted by Gasteiger charge is 2.35. The van der Waals surface area contributed by atoms with E-state index in [0.29, 0.717) is 0 Å². The molecule has 4 nitrogen and oxygen atoms in total. The van der Waals surface area contributed by atoms with Crippen molar-refractivity contribution in [1.82, 2.24) is 4.58 Å². The summed E-state index contributed by atoms with van der Waals surface area (Å²) in [5.41, 5.74) is 13.2. The summed E-state index contributed by atoms with van der Waals surface area (Å²) in [5.74, 6) is 4.24. The van der Waals surface area contributed by atoms with Gasteiger partial charge in [-0.05, 0) is 110 Å². The molecule has 7 aliphatic rings. The Morgan fingerprint density at radius 3 is 2.07 bits per heavy atom. The maximum Gasteiger partial charge on any atom is 0.673 e. The molecule has 10 heteroatoms. The van der Waals surface area contributed by atoms with Gasteiger partial charge in [0.15, 0.2) is 0 Å². The number of fused-ring (bicyclic) bond motifs is 4. The van der Waals surface area contributed by atoms with E-state index in [0.717, 1.165) is 99.2 Å². The molecule has 1 aliphatic carbocycles. The van der Waals surface area contributed by atoms with Gasteiger partial charge in [0.25, 0.3) is 0 Å². The van der Waals surface area contributed by atoms with E-state index < -0.39 is 7.25 Å². The summed E-state index contributed by atoms with van der Waals surface area (Å²) in [6.07, 6.45) is 26.1. The molecule has 58 heavy (non-hydrogen) atoms. The molecule has 6 heterocycles. The summed E-state index contributed by atoms with van der Waals surface area (Å²) >= 11 is 7.35. The van der Waals surface area contributed by atoms with Gasteiger partial charge >= 0.3 is 7.25 Å². The molecule has 0 N–H and O–H groups in total. The molecular formula is C48H56BClF4N2O2. The zero-order valence-corrected chi connectivity index (χ0v) is 35.7. The number of ether oxygens (including phenoxy) is 2. The monoisotopic (exact) mass is 814 g/mol. The molecule has 2 aromatic rings. The Balaban J connectivity index is 0.000000887. The summed E-state index contributed by atoms with van der Waals surface area (Å²) < 4.78 is 55.3. The number of halogens is 5. The number of benzene rings is 2. The number of anilines is 1. The van der Waals surface area contributed by atoms with Crippen molar-refractivity contribution in [2.45, 2.75) is 112 Å². The van der Waals surface area contributed by atoms with Crippen LogP contribution >= 0.6 is 11.6 Å². The molecule has 0 fully saturated rings. The average Bonchev–Trinajstić information content (AvgIpc) is 3.16. The molecule has 0 atom stereocenters. The van der Waals surface area contributed by atoms with Gasteiger partial charge in [-0.25, -0.2) is 4.58 Å². The Labute approximate surface area is 346 Å². The molecule has 308 valence electrons. The summed E-state index contributed by atoms with van der Waals surface area (Å²) in [6.45, 7) is 18.2. The molecule has 0 saturated heterocycles.